The second-order valence-corrected chi connectivity index (χ2v) is 6.79. The number of nitrogens with one attached hydrogen (secondary N) is 1. The summed E-state index contributed by atoms with van der Waals surface area (Å²) in [5.41, 5.74) is -0.0862. The van der Waals surface area contributed by atoms with Gasteiger partial charge < -0.3 is 5.32 Å². The van der Waals surface area contributed by atoms with E-state index in [-0.39, 0.29) is 22.2 Å². The van der Waals surface area contributed by atoms with Gasteiger partial charge in [-0.2, -0.15) is 0 Å². The van der Waals surface area contributed by atoms with Crippen molar-refractivity contribution in [3.05, 3.63) is 28.8 Å². The third kappa shape index (κ3) is 4.10. The number of anilines is 1. The van der Waals surface area contributed by atoms with Gasteiger partial charge in [-0.3, -0.25) is 0 Å². The summed E-state index contributed by atoms with van der Waals surface area (Å²) >= 11 is 5.69. The molecule has 1 unspecified atom stereocenters. The highest BCUT2D eigenvalue weighted by atomic mass is 35.5. The molecule has 0 heterocycles. The van der Waals surface area contributed by atoms with Crippen LogP contribution in [0.3, 0.4) is 0 Å². The predicted octanol–water partition coefficient (Wildman–Crippen LogP) is 2.85. The second-order valence-electron chi connectivity index (χ2n) is 3.99. The summed E-state index contributed by atoms with van der Waals surface area (Å²) in [4.78, 5) is 0. The summed E-state index contributed by atoms with van der Waals surface area (Å²) in [6, 6.07) is 1.14. The molecule has 1 rings (SSSR count). The standard InChI is InChI=1S/C11H14ClF2NO2S/c1-3-18(16,17)6-7(2)15-11-9(12)4-8(13)5-10(11)14/h4-5,7,15H,3,6H2,1-2H3. The van der Waals surface area contributed by atoms with Gasteiger partial charge in [0.15, 0.2) is 15.7 Å². The van der Waals surface area contributed by atoms with Gasteiger partial charge in [0.25, 0.3) is 0 Å². The molecule has 0 aliphatic heterocycles. The van der Waals surface area contributed by atoms with E-state index in [9.17, 15) is 17.2 Å². The summed E-state index contributed by atoms with van der Waals surface area (Å²) < 4.78 is 49.1. The molecule has 7 heteroatoms. The average molecular weight is 298 g/mol. The summed E-state index contributed by atoms with van der Waals surface area (Å²) in [5, 5.41) is 2.53. The van der Waals surface area contributed by atoms with Crippen molar-refractivity contribution in [1.82, 2.24) is 0 Å². The first-order valence-electron chi connectivity index (χ1n) is 5.36. The molecule has 0 fully saturated rings. The van der Waals surface area contributed by atoms with Gasteiger partial charge in [-0.1, -0.05) is 18.5 Å². The van der Waals surface area contributed by atoms with Gasteiger partial charge in [0, 0.05) is 17.9 Å². The van der Waals surface area contributed by atoms with Crippen molar-refractivity contribution in [3.8, 4) is 0 Å². The molecule has 0 bridgehead atoms. The zero-order valence-corrected chi connectivity index (χ0v) is 11.6. The lowest BCUT2D eigenvalue weighted by atomic mass is 10.2. The van der Waals surface area contributed by atoms with Crippen molar-refractivity contribution in [3.63, 3.8) is 0 Å². The fourth-order valence-corrected chi connectivity index (χ4v) is 2.80. The lowest BCUT2D eigenvalue weighted by Crippen LogP contribution is -2.27. The first-order chi connectivity index (χ1) is 8.25. The molecule has 0 aliphatic carbocycles. The highest BCUT2D eigenvalue weighted by Crippen LogP contribution is 2.27. The van der Waals surface area contributed by atoms with Gasteiger partial charge in [-0.05, 0) is 13.0 Å². The Bertz CT molecular complexity index is 511. The number of halogens is 3. The summed E-state index contributed by atoms with van der Waals surface area (Å²) in [5.74, 6) is -1.76. The number of rotatable bonds is 5. The van der Waals surface area contributed by atoms with Crippen molar-refractivity contribution >= 4 is 27.1 Å². The molecule has 0 spiro atoms. The lowest BCUT2D eigenvalue weighted by molar-refractivity contribution is 0.581. The van der Waals surface area contributed by atoms with Crippen LogP contribution in [-0.4, -0.2) is 26.0 Å². The molecule has 0 saturated heterocycles. The molecule has 0 aromatic heterocycles. The number of benzene rings is 1. The highest BCUT2D eigenvalue weighted by molar-refractivity contribution is 7.91. The summed E-state index contributed by atoms with van der Waals surface area (Å²) in [7, 11) is -3.17. The van der Waals surface area contributed by atoms with Crippen LogP contribution in [0.15, 0.2) is 12.1 Å². The maximum Gasteiger partial charge on any atom is 0.152 e. The minimum Gasteiger partial charge on any atom is -0.378 e. The molecule has 102 valence electrons. The van der Waals surface area contributed by atoms with Gasteiger partial charge in [-0.25, -0.2) is 17.2 Å². The van der Waals surface area contributed by atoms with E-state index in [0.717, 1.165) is 6.07 Å². The van der Waals surface area contributed by atoms with Crippen LogP contribution in [0.2, 0.25) is 5.02 Å². The monoisotopic (exact) mass is 297 g/mol. The van der Waals surface area contributed by atoms with Crippen molar-refractivity contribution in [2.75, 3.05) is 16.8 Å². The maximum absolute atomic E-state index is 13.5. The summed E-state index contributed by atoms with van der Waals surface area (Å²) in [6.45, 7) is 3.12. The van der Waals surface area contributed by atoms with Gasteiger partial charge in [0.2, 0.25) is 0 Å². The zero-order valence-electron chi connectivity index (χ0n) is 10.0. The molecular formula is C11H14ClF2NO2S. The largest absolute Gasteiger partial charge is 0.378 e. The quantitative estimate of drug-likeness (QED) is 0.909. The smallest absolute Gasteiger partial charge is 0.152 e. The third-order valence-electron chi connectivity index (χ3n) is 2.34. The summed E-state index contributed by atoms with van der Waals surface area (Å²) in [6.07, 6.45) is 0. The van der Waals surface area contributed by atoms with E-state index in [1.54, 1.807) is 6.92 Å². The molecule has 0 amide bonds. The van der Waals surface area contributed by atoms with Crippen LogP contribution in [0.25, 0.3) is 0 Å². The zero-order chi connectivity index (χ0) is 13.9. The van der Waals surface area contributed by atoms with E-state index in [0.29, 0.717) is 6.07 Å². The van der Waals surface area contributed by atoms with E-state index in [4.69, 9.17) is 11.6 Å². The van der Waals surface area contributed by atoms with Gasteiger partial charge >= 0.3 is 0 Å². The molecule has 18 heavy (non-hydrogen) atoms. The van der Waals surface area contributed by atoms with Crippen molar-refractivity contribution < 1.29 is 17.2 Å². The second kappa shape index (κ2) is 5.84. The van der Waals surface area contributed by atoms with Crippen LogP contribution in [-0.2, 0) is 9.84 Å². The van der Waals surface area contributed by atoms with Crippen molar-refractivity contribution in [2.45, 2.75) is 19.9 Å². The number of hydrogen-bond acceptors (Lipinski definition) is 3. The Morgan fingerprint density at radius 1 is 1.39 bits per heavy atom. The van der Waals surface area contributed by atoms with Crippen molar-refractivity contribution in [2.24, 2.45) is 0 Å². The molecule has 1 aromatic rings. The topological polar surface area (TPSA) is 46.2 Å². The van der Waals surface area contributed by atoms with Crippen LogP contribution in [0.4, 0.5) is 14.5 Å². The van der Waals surface area contributed by atoms with Crippen molar-refractivity contribution in [1.29, 1.82) is 0 Å². The van der Waals surface area contributed by atoms with Crippen LogP contribution in [0.1, 0.15) is 13.8 Å². The molecule has 0 radical (unpaired) electrons. The Kier molecular flexibility index (Phi) is 4.92. The van der Waals surface area contributed by atoms with Crippen LogP contribution < -0.4 is 5.32 Å². The fraction of sp³-hybridized carbons (Fsp3) is 0.455. The first-order valence-corrected chi connectivity index (χ1v) is 7.56. The van der Waals surface area contributed by atoms with Gasteiger partial charge in [-0.15, -0.1) is 0 Å². The Labute approximate surface area is 110 Å². The van der Waals surface area contributed by atoms with Gasteiger partial charge in [0.1, 0.15) is 5.82 Å². The van der Waals surface area contributed by atoms with E-state index >= 15 is 0 Å². The van der Waals surface area contributed by atoms with Crippen LogP contribution in [0.5, 0.6) is 0 Å². The maximum atomic E-state index is 13.5. The molecule has 3 nitrogen and oxygen atoms in total. The number of hydrogen-bond donors (Lipinski definition) is 1. The first kappa shape index (κ1) is 15.2. The van der Waals surface area contributed by atoms with Crippen LogP contribution >= 0.6 is 11.6 Å². The van der Waals surface area contributed by atoms with E-state index in [1.807, 2.05) is 0 Å². The van der Waals surface area contributed by atoms with E-state index in [1.165, 1.54) is 6.92 Å². The predicted molar refractivity (Wildman–Crippen MR) is 68.8 cm³/mol. The number of sulfone groups is 1. The Hall–Kier alpha value is -0.880. The normalized spacial score (nSPS) is 13.4. The molecule has 0 saturated carbocycles. The molecule has 0 aliphatic rings. The fourth-order valence-electron chi connectivity index (χ4n) is 1.47. The van der Waals surface area contributed by atoms with E-state index in [2.05, 4.69) is 5.32 Å². The average Bonchev–Trinajstić information content (AvgIpc) is 2.22. The van der Waals surface area contributed by atoms with Crippen LogP contribution in [0, 0.1) is 11.6 Å². The Morgan fingerprint density at radius 3 is 2.50 bits per heavy atom. The molecule has 1 aromatic carbocycles. The molecule has 1 N–H and O–H groups in total. The minimum atomic E-state index is -3.17. The lowest BCUT2D eigenvalue weighted by Gasteiger charge is -2.16. The third-order valence-corrected chi connectivity index (χ3v) is 4.53. The minimum absolute atomic E-state index is 0.0126. The Balaban J connectivity index is 2.86. The molecular weight excluding hydrogens is 284 g/mol. The van der Waals surface area contributed by atoms with E-state index < -0.39 is 27.5 Å². The van der Waals surface area contributed by atoms with Gasteiger partial charge in [0.05, 0.1) is 16.5 Å². The molecule has 1 atom stereocenters. The Morgan fingerprint density at radius 2 is 2.00 bits per heavy atom. The SMILES string of the molecule is CCS(=O)(=O)CC(C)Nc1c(F)cc(F)cc1Cl. The highest BCUT2D eigenvalue weighted by Gasteiger charge is 2.17.